The lowest BCUT2D eigenvalue weighted by Gasteiger charge is -2.30. The van der Waals surface area contributed by atoms with E-state index < -0.39 is 0 Å². The highest BCUT2D eigenvalue weighted by Gasteiger charge is 2.38. The standard InChI is InChI=1S/C13H24N2O.ClH/c1-3-12-7-4-9(2)15(12)13(16)10-5-6-11(14)8-10;/h9-12H,3-8,14H2,1-2H3;1H. The van der Waals surface area contributed by atoms with Gasteiger partial charge in [-0.1, -0.05) is 6.92 Å². The largest absolute Gasteiger partial charge is 0.337 e. The van der Waals surface area contributed by atoms with Crippen LogP contribution in [0.25, 0.3) is 0 Å². The zero-order valence-corrected chi connectivity index (χ0v) is 11.7. The van der Waals surface area contributed by atoms with Gasteiger partial charge in [-0.2, -0.15) is 0 Å². The molecule has 1 amide bonds. The van der Waals surface area contributed by atoms with Crippen molar-refractivity contribution in [3.8, 4) is 0 Å². The molecule has 17 heavy (non-hydrogen) atoms. The predicted octanol–water partition coefficient (Wildman–Crippen LogP) is 2.33. The van der Waals surface area contributed by atoms with Crippen molar-refractivity contribution in [3.05, 3.63) is 0 Å². The van der Waals surface area contributed by atoms with E-state index in [4.69, 9.17) is 5.73 Å². The zero-order chi connectivity index (χ0) is 11.7. The molecular weight excluding hydrogens is 236 g/mol. The van der Waals surface area contributed by atoms with Gasteiger partial charge in [0.1, 0.15) is 0 Å². The van der Waals surface area contributed by atoms with Crippen LogP contribution in [0.4, 0.5) is 0 Å². The number of carbonyl (C=O) groups excluding carboxylic acids is 1. The van der Waals surface area contributed by atoms with Gasteiger partial charge in [0.2, 0.25) is 5.91 Å². The van der Waals surface area contributed by atoms with Crippen LogP contribution >= 0.6 is 12.4 Å². The average Bonchev–Trinajstić information content (AvgIpc) is 2.83. The maximum atomic E-state index is 12.4. The summed E-state index contributed by atoms with van der Waals surface area (Å²) in [6.45, 7) is 4.37. The summed E-state index contributed by atoms with van der Waals surface area (Å²) in [6, 6.07) is 1.18. The molecule has 1 aliphatic carbocycles. The molecule has 0 aromatic heterocycles. The Morgan fingerprint density at radius 3 is 2.53 bits per heavy atom. The van der Waals surface area contributed by atoms with E-state index in [9.17, 15) is 4.79 Å². The van der Waals surface area contributed by atoms with Gasteiger partial charge in [0.25, 0.3) is 0 Å². The van der Waals surface area contributed by atoms with Crippen molar-refractivity contribution >= 4 is 18.3 Å². The Balaban J connectivity index is 0.00000144. The molecule has 4 atom stereocenters. The Hall–Kier alpha value is -0.280. The Bertz CT molecular complexity index is 272. The van der Waals surface area contributed by atoms with Crippen LogP contribution in [0.2, 0.25) is 0 Å². The number of nitrogens with zero attached hydrogens (tertiary/aromatic N) is 1. The minimum absolute atomic E-state index is 0. The molecular formula is C13H25ClN2O. The normalized spacial score (nSPS) is 37.0. The third-order valence-corrected chi connectivity index (χ3v) is 4.33. The first-order chi connectivity index (χ1) is 7.63. The van der Waals surface area contributed by atoms with Crippen LogP contribution < -0.4 is 5.73 Å². The lowest BCUT2D eigenvalue weighted by Crippen LogP contribution is -2.43. The first-order valence-corrected chi connectivity index (χ1v) is 6.71. The van der Waals surface area contributed by atoms with Crippen LogP contribution in [0.1, 0.15) is 52.4 Å². The van der Waals surface area contributed by atoms with Crippen LogP contribution in [-0.2, 0) is 4.79 Å². The number of hydrogen-bond acceptors (Lipinski definition) is 2. The van der Waals surface area contributed by atoms with Crippen molar-refractivity contribution in [1.29, 1.82) is 0 Å². The molecule has 100 valence electrons. The second kappa shape index (κ2) is 6.05. The fourth-order valence-corrected chi connectivity index (χ4v) is 3.32. The zero-order valence-electron chi connectivity index (χ0n) is 10.9. The predicted molar refractivity (Wildman–Crippen MR) is 72.2 cm³/mol. The smallest absolute Gasteiger partial charge is 0.226 e. The average molecular weight is 261 g/mol. The van der Waals surface area contributed by atoms with Gasteiger partial charge >= 0.3 is 0 Å². The van der Waals surface area contributed by atoms with E-state index in [1.165, 1.54) is 12.8 Å². The third-order valence-electron chi connectivity index (χ3n) is 4.33. The lowest BCUT2D eigenvalue weighted by molar-refractivity contribution is -0.138. The molecule has 0 spiro atoms. The summed E-state index contributed by atoms with van der Waals surface area (Å²) in [5, 5.41) is 0. The summed E-state index contributed by atoms with van der Waals surface area (Å²) in [5.74, 6) is 0.592. The lowest BCUT2D eigenvalue weighted by atomic mass is 10.0. The Morgan fingerprint density at radius 2 is 2.00 bits per heavy atom. The molecule has 0 aromatic carbocycles. The highest BCUT2D eigenvalue weighted by Crippen LogP contribution is 2.32. The Kier molecular flexibility index (Phi) is 5.26. The molecule has 0 radical (unpaired) electrons. The highest BCUT2D eigenvalue weighted by molar-refractivity contribution is 5.85. The van der Waals surface area contributed by atoms with E-state index in [0.29, 0.717) is 18.0 Å². The van der Waals surface area contributed by atoms with E-state index in [1.807, 2.05) is 0 Å². The van der Waals surface area contributed by atoms with Gasteiger partial charge in [-0.3, -0.25) is 4.79 Å². The van der Waals surface area contributed by atoms with Crippen molar-refractivity contribution in [3.63, 3.8) is 0 Å². The molecule has 2 N–H and O–H groups in total. The second-order valence-electron chi connectivity index (χ2n) is 5.50. The molecule has 0 aromatic rings. The quantitative estimate of drug-likeness (QED) is 0.828. The summed E-state index contributed by atoms with van der Waals surface area (Å²) in [4.78, 5) is 14.6. The summed E-state index contributed by atoms with van der Waals surface area (Å²) < 4.78 is 0. The van der Waals surface area contributed by atoms with Gasteiger partial charge in [-0.15, -0.1) is 12.4 Å². The fourth-order valence-electron chi connectivity index (χ4n) is 3.32. The van der Waals surface area contributed by atoms with E-state index in [2.05, 4.69) is 18.7 Å². The van der Waals surface area contributed by atoms with Crippen LogP contribution in [0, 0.1) is 5.92 Å². The van der Waals surface area contributed by atoms with Gasteiger partial charge in [-0.05, 0) is 45.4 Å². The fraction of sp³-hybridized carbons (Fsp3) is 0.923. The van der Waals surface area contributed by atoms with Crippen molar-refractivity contribution < 1.29 is 4.79 Å². The molecule has 2 fully saturated rings. The Morgan fingerprint density at radius 1 is 1.29 bits per heavy atom. The van der Waals surface area contributed by atoms with Crippen LogP contribution in [-0.4, -0.2) is 28.9 Å². The van der Waals surface area contributed by atoms with E-state index in [0.717, 1.165) is 25.7 Å². The second-order valence-corrected chi connectivity index (χ2v) is 5.50. The monoisotopic (exact) mass is 260 g/mol. The van der Waals surface area contributed by atoms with Gasteiger partial charge < -0.3 is 10.6 Å². The van der Waals surface area contributed by atoms with E-state index in [-0.39, 0.29) is 24.4 Å². The minimum atomic E-state index is 0. The van der Waals surface area contributed by atoms with E-state index in [1.54, 1.807) is 0 Å². The minimum Gasteiger partial charge on any atom is -0.337 e. The van der Waals surface area contributed by atoms with Gasteiger partial charge in [0.05, 0.1) is 0 Å². The number of hydrogen-bond donors (Lipinski definition) is 1. The molecule has 1 saturated heterocycles. The molecule has 2 rings (SSSR count). The number of halogens is 1. The van der Waals surface area contributed by atoms with Gasteiger partial charge in [0.15, 0.2) is 0 Å². The number of amides is 1. The first kappa shape index (κ1) is 14.8. The topological polar surface area (TPSA) is 46.3 Å². The van der Waals surface area contributed by atoms with Crippen molar-refractivity contribution in [1.82, 2.24) is 4.90 Å². The van der Waals surface area contributed by atoms with E-state index >= 15 is 0 Å². The van der Waals surface area contributed by atoms with Gasteiger partial charge in [-0.25, -0.2) is 0 Å². The van der Waals surface area contributed by atoms with Crippen LogP contribution in [0.5, 0.6) is 0 Å². The first-order valence-electron chi connectivity index (χ1n) is 6.71. The summed E-state index contributed by atoms with van der Waals surface area (Å²) >= 11 is 0. The van der Waals surface area contributed by atoms with Crippen LogP contribution in [0.3, 0.4) is 0 Å². The molecule has 1 saturated carbocycles. The number of nitrogens with two attached hydrogens (primary N) is 1. The van der Waals surface area contributed by atoms with Crippen molar-refractivity contribution in [2.45, 2.75) is 70.5 Å². The van der Waals surface area contributed by atoms with Crippen molar-refractivity contribution in [2.75, 3.05) is 0 Å². The molecule has 2 aliphatic rings. The van der Waals surface area contributed by atoms with Gasteiger partial charge in [0, 0.05) is 24.0 Å². The summed E-state index contributed by atoms with van der Waals surface area (Å²) in [5.41, 5.74) is 5.89. The molecule has 1 heterocycles. The van der Waals surface area contributed by atoms with Crippen molar-refractivity contribution in [2.24, 2.45) is 11.7 Å². The molecule has 0 bridgehead atoms. The summed E-state index contributed by atoms with van der Waals surface area (Å²) in [7, 11) is 0. The summed E-state index contributed by atoms with van der Waals surface area (Å²) in [6.07, 6.45) is 6.37. The molecule has 4 unspecified atom stereocenters. The molecule has 1 aliphatic heterocycles. The SMILES string of the molecule is CCC1CCC(C)N1C(=O)C1CCC(N)C1.Cl. The highest BCUT2D eigenvalue weighted by atomic mass is 35.5. The maximum Gasteiger partial charge on any atom is 0.226 e. The third kappa shape index (κ3) is 2.94. The molecule has 4 heteroatoms. The van der Waals surface area contributed by atoms with Crippen LogP contribution in [0.15, 0.2) is 0 Å². The number of carbonyl (C=O) groups is 1. The number of rotatable bonds is 2. The maximum absolute atomic E-state index is 12.4. The molecule has 3 nitrogen and oxygen atoms in total. The Labute approximate surface area is 111 Å². The number of likely N-dealkylation sites (tertiary alicyclic amines) is 1.